The number of aromatic hydroxyl groups is 1. The van der Waals surface area contributed by atoms with Crippen molar-refractivity contribution in [1.29, 1.82) is 0 Å². The Kier molecular flexibility index (Phi) is 9.66. The third-order valence-electron chi connectivity index (χ3n) is 5.58. The molecule has 198 valence electrons. The number of hydrogen-bond acceptors (Lipinski definition) is 6. The van der Waals surface area contributed by atoms with Gasteiger partial charge in [-0.25, -0.2) is 0 Å². The number of carbonyl (C=O) groups is 3. The lowest BCUT2D eigenvalue weighted by Gasteiger charge is -2.20. The van der Waals surface area contributed by atoms with Crippen molar-refractivity contribution in [2.24, 2.45) is 22.2 Å². The zero-order chi connectivity index (χ0) is 27.7. The van der Waals surface area contributed by atoms with Crippen LogP contribution in [0.25, 0.3) is 0 Å². The molecule has 1 atom stereocenters. The number of benzene rings is 3. The number of phenolic OH excluding ortho intramolecular Hbond substituents is 1. The molecule has 2 amide bonds. The Hall–Kier alpha value is -4.57. The van der Waals surface area contributed by atoms with E-state index in [0.29, 0.717) is 52.5 Å². The smallest absolute Gasteiger partial charge is 0.239 e. The fraction of sp³-hybridized carbons (Fsp3) is 0.185. The molecule has 0 aliphatic rings. The maximum absolute atomic E-state index is 13.1. The highest BCUT2D eigenvalue weighted by molar-refractivity contribution is 6.30. The minimum absolute atomic E-state index is 0.0207. The summed E-state index contributed by atoms with van der Waals surface area (Å²) in [5.41, 5.74) is 18.4. The monoisotopic (exact) mass is 536 g/mol. The molecule has 0 fully saturated rings. The van der Waals surface area contributed by atoms with E-state index < -0.39 is 11.9 Å². The van der Waals surface area contributed by atoms with Crippen LogP contribution in [-0.4, -0.2) is 41.3 Å². The summed E-state index contributed by atoms with van der Waals surface area (Å²) in [5.74, 6) is -1.19. The van der Waals surface area contributed by atoms with E-state index in [-0.39, 0.29) is 29.8 Å². The molecule has 0 aliphatic carbocycles. The Bertz CT molecular complexity index is 1320. The van der Waals surface area contributed by atoms with Gasteiger partial charge in [0.1, 0.15) is 11.8 Å². The van der Waals surface area contributed by atoms with Crippen LogP contribution in [0.1, 0.15) is 34.3 Å². The number of nitrogens with zero attached hydrogens (tertiary/aromatic N) is 1. The van der Waals surface area contributed by atoms with Gasteiger partial charge < -0.3 is 32.9 Å². The van der Waals surface area contributed by atoms with Crippen LogP contribution < -0.4 is 27.8 Å². The van der Waals surface area contributed by atoms with Gasteiger partial charge in [-0.1, -0.05) is 23.7 Å². The first-order chi connectivity index (χ1) is 18.1. The van der Waals surface area contributed by atoms with Crippen molar-refractivity contribution in [1.82, 2.24) is 0 Å². The zero-order valence-corrected chi connectivity index (χ0v) is 21.2. The Balaban J connectivity index is 1.87. The van der Waals surface area contributed by atoms with Crippen molar-refractivity contribution in [2.45, 2.75) is 25.3 Å². The summed E-state index contributed by atoms with van der Waals surface area (Å²) >= 11 is 5.94. The highest BCUT2D eigenvalue weighted by Crippen LogP contribution is 2.27. The molecular weight excluding hydrogens is 508 g/mol. The number of hydrogen-bond donors (Lipinski definition) is 6. The van der Waals surface area contributed by atoms with E-state index in [1.165, 1.54) is 18.2 Å². The average molecular weight is 537 g/mol. The molecule has 0 heterocycles. The number of carbonyl (C=O) groups excluding carboxylic acids is 3. The van der Waals surface area contributed by atoms with E-state index in [9.17, 15) is 19.5 Å². The van der Waals surface area contributed by atoms with Crippen molar-refractivity contribution >= 4 is 46.5 Å². The molecule has 10 nitrogen and oxygen atoms in total. The van der Waals surface area contributed by atoms with Gasteiger partial charge in [0, 0.05) is 22.7 Å². The number of guanidine groups is 1. The first kappa shape index (κ1) is 28.0. The molecule has 0 saturated heterocycles. The molecule has 0 unspecified atom stereocenters. The normalized spacial score (nSPS) is 11.3. The molecular formula is C27H29ClN6O4. The predicted molar refractivity (Wildman–Crippen MR) is 148 cm³/mol. The van der Waals surface area contributed by atoms with Gasteiger partial charge in [0.05, 0.1) is 17.8 Å². The number of nitrogens with one attached hydrogen (secondary N) is 2. The average Bonchev–Trinajstić information content (AvgIpc) is 2.87. The van der Waals surface area contributed by atoms with Crippen molar-refractivity contribution in [2.75, 3.05) is 17.2 Å². The fourth-order valence-electron chi connectivity index (χ4n) is 3.65. The number of halogens is 1. The second kappa shape index (κ2) is 13.1. The Labute approximate surface area is 224 Å². The van der Waals surface area contributed by atoms with Gasteiger partial charge in [0.2, 0.25) is 11.8 Å². The molecule has 3 aromatic carbocycles. The van der Waals surface area contributed by atoms with Crippen molar-refractivity contribution in [3.05, 3.63) is 88.4 Å². The van der Waals surface area contributed by atoms with Gasteiger partial charge in [-0.3, -0.25) is 19.4 Å². The minimum Gasteiger partial charge on any atom is -0.508 e. The van der Waals surface area contributed by atoms with Crippen molar-refractivity contribution in [3.8, 4) is 5.75 Å². The standard InChI is InChI=1S/C27H29ClN6O4/c28-19-8-5-17(6-9-19)25(37)18-7-12-21(33-22(26(29)38)2-1-13-32-27(30)31)23(15-18)34-24(36)14-16-3-10-20(35)11-4-16/h3-12,15,22,33,35H,1-2,13-14H2,(H2,29,38)(H,34,36)(H4,30,31,32)/t22-/m0/s1. The predicted octanol–water partition coefficient (Wildman–Crippen LogP) is 2.78. The molecule has 9 N–H and O–H groups in total. The second-order valence-electron chi connectivity index (χ2n) is 8.54. The first-order valence-corrected chi connectivity index (χ1v) is 12.1. The third kappa shape index (κ3) is 8.24. The molecule has 0 bridgehead atoms. The molecule has 0 spiro atoms. The van der Waals surface area contributed by atoms with Crippen LogP contribution in [0.15, 0.2) is 71.7 Å². The molecule has 0 aliphatic heterocycles. The zero-order valence-electron chi connectivity index (χ0n) is 20.5. The number of rotatable bonds is 12. The Morgan fingerprint density at radius 3 is 2.18 bits per heavy atom. The summed E-state index contributed by atoms with van der Waals surface area (Å²) in [6.45, 7) is 0.318. The number of phenols is 1. The van der Waals surface area contributed by atoms with Gasteiger partial charge >= 0.3 is 0 Å². The number of ketones is 1. The maximum atomic E-state index is 13.1. The van der Waals surface area contributed by atoms with Gasteiger partial charge in [0.25, 0.3) is 0 Å². The van der Waals surface area contributed by atoms with E-state index >= 15 is 0 Å². The molecule has 38 heavy (non-hydrogen) atoms. The summed E-state index contributed by atoms with van der Waals surface area (Å²) in [5, 5.41) is 15.9. The Morgan fingerprint density at radius 2 is 1.55 bits per heavy atom. The van der Waals surface area contributed by atoms with Crippen LogP contribution >= 0.6 is 11.6 Å². The van der Waals surface area contributed by atoms with Crippen LogP contribution in [0.4, 0.5) is 11.4 Å². The van der Waals surface area contributed by atoms with Gasteiger partial charge in [-0.15, -0.1) is 0 Å². The maximum Gasteiger partial charge on any atom is 0.239 e. The van der Waals surface area contributed by atoms with Crippen LogP contribution in [-0.2, 0) is 16.0 Å². The van der Waals surface area contributed by atoms with Crippen molar-refractivity contribution in [3.63, 3.8) is 0 Å². The molecule has 0 saturated carbocycles. The second-order valence-corrected chi connectivity index (χ2v) is 8.97. The highest BCUT2D eigenvalue weighted by Gasteiger charge is 2.19. The molecule has 0 radical (unpaired) electrons. The van der Waals surface area contributed by atoms with E-state index in [1.54, 1.807) is 48.5 Å². The topological polar surface area (TPSA) is 186 Å². The van der Waals surface area contributed by atoms with E-state index in [2.05, 4.69) is 15.6 Å². The lowest BCUT2D eigenvalue weighted by atomic mass is 10.0. The minimum atomic E-state index is -0.783. The number of aliphatic imine (C=N–C) groups is 1. The molecule has 0 aromatic heterocycles. The summed E-state index contributed by atoms with van der Waals surface area (Å²) < 4.78 is 0. The summed E-state index contributed by atoms with van der Waals surface area (Å²) in [6, 6.07) is 16.6. The summed E-state index contributed by atoms with van der Waals surface area (Å²) in [4.78, 5) is 42.0. The van der Waals surface area contributed by atoms with Crippen molar-refractivity contribution < 1.29 is 19.5 Å². The van der Waals surface area contributed by atoms with E-state index in [0.717, 1.165) is 0 Å². The van der Waals surface area contributed by atoms with Gasteiger partial charge in [-0.05, 0) is 73.0 Å². The number of amides is 2. The lowest BCUT2D eigenvalue weighted by molar-refractivity contribution is -0.119. The van der Waals surface area contributed by atoms with Gasteiger partial charge in [-0.2, -0.15) is 0 Å². The first-order valence-electron chi connectivity index (χ1n) is 11.8. The van der Waals surface area contributed by atoms with Crippen LogP contribution in [0.3, 0.4) is 0 Å². The van der Waals surface area contributed by atoms with Crippen LogP contribution in [0, 0.1) is 0 Å². The fourth-order valence-corrected chi connectivity index (χ4v) is 3.78. The quantitative estimate of drug-likeness (QED) is 0.0888. The molecule has 11 heteroatoms. The van der Waals surface area contributed by atoms with Crippen LogP contribution in [0.2, 0.25) is 5.02 Å². The molecule has 3 aromatic rings. The molecule has 3 rings (SSSR count). The SMILES string of the molecule is NC(=O)[C@H](CCCN=C(N)N)Nc1ccc(C(=O)c2ccc(Cl)cc2)cc1NC(=O)Cc1ccc(O)cc1. The largest absolute Gasteiger partial charge is 0.508 e. The Morgan fingerprint density at radius 1 is 0.895 bits per heavy atom. The van der Waals surface area contributed by atoms with Gasteiger partial charge in [0.15, 0.2) is 11.7 Å². The number of anilines is 2. The summed E-state index contributed by atoms with van der Waals surface area (Å²) in [7, 11) is 0. The number of primary amides is 1. The van der Waals surface area contributed by atoms with E-state index in [4.69, 9.17) is 28.8 Å². The lowest BCUT2D eigenvalue weighted by Crippen LogP contribution is -2.36. The number of nitrogens with two attached hydrogens (primary N) is 3. The van der Waals surface area contributed by atoms with Crippen LogP contribution in [0.5, 0.6) is 5.75 Å². The summed E-state index contributed by atoms with van der Waals surface area (Å²) in [6.07, 6.45) is 0.833. The van der Waals surface area contributed by atoms with E-state index in [1.807, 2.05) is 0 Å². The third-order valence-corrected chi connectivity index (χ3v) is 5.83. The highest BCUT2D eigenvalue weighted by atomic mass is 35.5.